The van der Waals surface area contributed by atoms with E-state index >= 15 is 0 Å². The lowest BCUT2D eigenvalue weighted by molar-refractivity contribution is 0.101. The molecule has 0 aromatic heterocycles. The Bertz CT molecular complexity index is 545. The van der Waals surface area contributed by atoms with Gasteiger partial charge in [0.2, 0.25) is 9.84 Å². The summed E-state index contributed by atoms with van der Waals surface area (Å²) < 4.78 is 52.7. The van der Waals surface area contributed by atoms with Crippen LogP contribution in [0.3, 0.4) is 0 Å². The summed E-state index contributed by atoms with van der Waals surface area (Å²) in [6.07, 6.45) is 3.13. The molecule has 0 amide bonds. The Kier molecular flexibility index (Phi) is 4.59. The van der Waals surface area contributed by atoms with Crippen molar-refractivity contribution in [3.8, 4) is 0 Å². The molecule has 7 heteroatoms. The minimum atomic E-state index is -4.52. The van der Waals surface area contributed by atoms with Gasteiger partial charge in [-0.25, -0.2) is 8.42 Å². The molecule has 112 valence electrons. The van der Waals surface area contributed by atoms with E-state index in [0.29, 0.717) is 5.69 Å². The number of nitrogens with one attached hydrogen (secondary N) is 1. The molecule has 1 saturated carbocycles. The van der Waals surface area contributed by atoms with E-state index in [2.05, 4.69) is 5.32 Å². The van der Waals surface area contributed by atoms with Gasteiger partial charge in [0.25, 0.3) is 0 Å². The first-order valence-corrected chi connectivity index (χ1v) is 7.91. The minimum Gasteiger partial charge on any atom is -0.380 e. The normalized spacial score (nSPS) is 23.2. The Labute approximate surface area is 117 Å². The van der Waals surface area contributed by atoms with E-state index < -0.39 is 15.6 Å². The SMILES string of the molecule is COC1CCCC1Nc1ccc(S(=O)(=O)C(F)F)cc1. The smallest absolute Gasteiger partial charge is 0.341 e. The molecular weight excluding hydrogens is 288 g/mol. The number of halogens is 2. The Hall–Kier alpha value is -1.21. The Morgan fingerprint density at radius 1 is 1.25 bits per heavy atom. The first kappa shape index (κ1) is 15.2. The van der Waals surface area contributed by atoms with E-state index in [9.17, 15) is 17.2 Å². The molecule has 0 radical (unpaired) electrons. The molecule has 0 saturated heterocycles. The zero-order valence-electron chi connectivity index (χ0n) is 11.1. The minimum absolute atomic E-state index is 0.125. The van der Waals surface area contributed by atoms with Gasteiger partial charge in [-0.2, -0.15) is 8.78 Å². The predicted molar refractivity (Wildman–Crippen MR) is 71.7 cm³/mol. The molecule has 1 N–H and O–H groups in total. The summed E-state index contributed by atoms with van der Waals surface area (Å²) in [5.41, 5.74) is 0.701. The van der Waals surface area contributed by atoms with Crippen LogP contribution in [0.4, 0.5) is 14.5 Å². The van der Waals surface area contributed by atoms with Crippen molar-refractivity contribution in [2.75, 3.05) is 12.4 Å². The fourth-order valence-electron chi connectivity index (χ4n) is 2.43. The van der Waals surface area contributed by atoms with Crippen LogP contribution in [0.1, 0.15) is 19.3 Å². The molecule has 2 unspecified atom stereocenters. The number of methoxy groups -OCH3 is 1. The van der Waals surface area contributed by atoms with Gasteiger partial charge in [0.15, 0.2) is 0 Å². The average molecular weight is 305 g/mol. The Balaban J connectivity index is 2.09. The first-order chi connectivity index (χ1) is 9.45. The number of rotatable bonds is 5. The van der Waals surface area contributed by atoms with Crippen molar-refractivity contribution in [2.45, 2.75) is 42.1 Å². The summed E-state index contributed by atoms with van der Waals surface area (Å²) in [7, 11) is -2.87. The predicted octanol–water partition coefficient (Wildman–Crippen LogP) is 2.66. The van der Waals surface area contributed by atoms with Crippen LogP contribution in [0.5, 0.6) is 0 Å². The van der Waals surface area contributed by atoms with E-state index in [4.69, 9.17) is 4.74 Å². The van der Waals surface area contributed by atoms with Crippen molar-refractivity contribution >= 4 is 15.5 Å². The van der Waals surface area contributed by atoms with Crippen molar-refractivity contribution < 1.29 is 21.9 Å². The summed E-state index contributed by atoms with van der Waals surface area (Å²) in [4.78, 5) is -0.368. The van der Waals surface area contributed by atoms with Crippen LogP contribution in [0.2, 0.25) is 0 Å². The second-order valence-electron chi connectivity index (χ2n) is 4.79. The Morgan fingerprint density at radius 3 is 2.45 bits per heavy atom. The van der Waals surface area contributed by atoms with E-state index in [1.54, 1.807) is 7.11 Å². The fraction of sp³-hybridized carbons (Fsp3) is 0.538. The molecule has 0 spiro atoms. The van der Waals surface area contributed by atoms with Gasteiger partial charge < -0.3 is 10.1 Å². The van der Waals surface area contributed by atoms with Gasteiger partial charge >= 0.3 is 5.76 Å². The molecule has 1 fully saturated rings. The molecule has 1 aliphatic rings. The van der Waals surface area contributed by atoms with E-state index in [-0.39, 0.29) is 17.0 Å². The van der Waals surface area contributed by atoms with Gasteiger partial charge in [-0.3, -0.25) is 0 Å². The van der Waals surface area contributed by atoms with E-state index in [0.717, 1.165) is 19.3 Å². The van der Waals surface area contributed by atoms with Crippen molar-refractivity contribution in [3.05, 3.63) is 24.3 Å². The van der Waals surface area contributed by atoms with Gasteiger partial charge in [0.05, 0.1) is 17.0 Å². The molecular formula is C13H17F2NO3S. The molecule has 0 heterocycles. The first-order valence-electron chi connectivity index (χ1n) is 6.36. The number of benzene rings is 1. The fourth-order valence-corrected chi connectivity index (χ4v) is 3.15. The summed E-state index contributed by atoms with van der Waals surface area (Å²) in [6, 6.07) is 5.56. The largest absolute Gasteiger partial charge is 0.380 e. The van der Waals surface area contributed by atoms with Gasteiger partial charge in [-0.05, 0) is 43.5 Å². The number of anilines is 1. The highest BCUT2D eigenvalue weighted by molar-refractivity contribution is 7.91. The topological polar surface area (TPSA) is 55.4 Å². The Morgan fingerprint density at radius 2 is 1.90 bits per heavy atom. The molecule has 1 aliphatic carbocycles. The maximum Gasteiger partial charge on any atom is 0.341 e. The third kappa shape index (κ3) is 3.09. The molecule has 0 bridgehead atoms. The van der Waals surface area contributed by atoms with Gasteiger partial charge in [0.1, 0.15) is 0 Å². The number of hydrogen-bond donors (Lipinski definition) is 1. The molecule has 20 heavy (non-hydrogen) atoms. The summed E-state index contributed by atoms with van der Waals surface area (Å²) in [5, 5.41) is 3.24. The van der Waals surface area contributed by atoms with Crippen LogP contribution in [-0.2, 0) is 14.6 Å². The van der Waals surface area contributed by atoms with Gasteiger partial charge in [-0.1, -0.05) is 0 Å². The summed E-state index contributed by atoms with van der Waals surface area (Å²) in [6.45, 7) is 0. The number of ether oxygens (including phenoxy) is 1. The van der Waals surface area contributed by atoms with E-state index in [1.807, 2.05) is 0 Å². The molecule has 2 rings (SSSR count). The van der Waals surface area contributed by atoms with Crippen LogP contribution >= 0.6 is 0 Å². The zero-order valence-corrected chi connectivity index (χ0v) is 11.9. The quantitative estimate of drug-likeness (QED) is 0.908. The summed E-state index contributed by atoms with van der Waals surface area (Å²) in [5.74, 6) is -3.39. The lowest BCUT2D eigenvalue weighted by atomic mass is 10.2. The van der Waals surface area contributed by atoms with Crippen molar-refractivity contribution in [1.82, 2.24) is 0 Å². The highest BCUT2D eigenvalue weighted by Crippen LogP contribution is 2.26. The standard InChI is InChI=1S/C13H17F2NO3S/c1-19-12-4-2-3-11(12)16-9-5-7-10(8-6-9)20(17,18)13(14)15/h5-8,11-13,16H,2-4H2,1H3. The third-order valence-electron chi connectivity index (χ3n) is 3.52. The second kappa shape index (κ2) is 6.05. The number of hydrogen-bond acceptors (Lipinski definition) is 4. The highest BCUT2D eigenvalue weighted by atomic mass is 32.2. The van der Waals surface area contributed by atoms with Gasteiger partial charge in [-0.15, -0.1) is 0 Å². The maximum absolute atomic E-state index is 12.4. The monoisotopic (exact) mass is 305 g/mol. The van der Waals surface area contributed by atoms with Crippen LogP contribution in [0.25, 0.3) is 0 Å². The molecule has 4 nitrogen and oxygen atoms in total. The van der Waals surface area contributed by atoms with Crippen LogP contribution in [0.15, 0.2) is 29.2 Å². The zero-order chi connectivity index (χ0) is 14.8. The van der Waals surface area contributed by atoms with Gasteiger partial charge in [0, 0.05) is 12.8 Å². The summed E-state index contributed by atoms with van der Waals surface area (Å²) >= 11 is 0. The second-order valence-corrected chi connectivity index (χ2v) is 6.70. The van der Waals surface area contributed by atoms with Crippen LogP contribution in [0, 0.1) is 0 Å². The highest BCUT2D eigenvalue weighted by Gasteiger charge is 2.28. The molecule has 1 aromatic rings. The van der Waals surface area contributed by atoms with Crippen LogP contribution < -0.4 is 5.32 Å². The molecule has 2 atom stereocenters. The number of sulfone groups is 1. The maximum atomic E-state index is 12.4. The number of alkyl halides is 2. The molecule has 0 aliphatic heterocycles. The lowest BCUT2D eigenvalue weighted by Gasteiger charge is -2.20. The molecule has 1 aromatic carbocycles. The lowest BCUT2D eigenvalue weighted by Crippen LogP contribution is -2.29. The van der Waals surface area contributed by atoms with Crippen molar-refractivity contribution in [2.24, 2.45) is 0 Å². The van der Waals surface area contributed by atoms with Crippen molar-refractivity contribution in [3.63, 3.8) is 0 Å². The average Bonchev–Trinajstić information content (AvgIpc) is 2.86. The van der Waals surface area contributed by atoms with E-state index in [1.165, 1.54) is 24.3 Å². The third-order valence-corrected chi connectivity index (χ3v) is 4.92. The van der Waals surface area contributed by atoms with Crippen LogP contribution in [-0.4, -0.2) is 33.4 Å². The van der Waals surface area contributed by atoms with Crippen molar-refractivity contribution in [1.29, 1.82) is 0 Å².